The van der Waals surface area contributed by atoms with Gasteiger partial charge >= 0.3 is 5.97 Å². The van der Waals surface area contributed by atoms with Gasteiger partial charge in [-0.25, -0.2) is 9.78 Å². The Kier molecular flexibility index (Phi) is 17.1. The van der Waals surface area contributed by atoms with Gasteiger partial charge in [0.25, 0.3) is 5.91 Å². The van der Waals surface area contributed by atoms with Crippen molar-refractivity contribution in [2.45, 2.75) is 40.5 Å². The third kappa shape index (κ3) is 14.0. The first-order valence-electron chi connectivity index (χ1n) is 12.3. The third-order valence-electron chi connectivity index (χ3n) is 5.22. The molecule has 2 aromatic rings. The Balaban J connectivity index is 0.00000155. The minimum Gasteiger partial charge on any atom is -0.668 e. The molecule has 0 saturated carbocycles. The zero-order valence-electron chi connectivity index (χ0n) is 23.8. The molecule has 0 saturated heterocycles. The number of methoxy groups -OCH3 is 1. The fourth-order valence-electron chi connectivity index (χ4n) is 2.64. The van der Waals surface area contributed by atoms with Crippen LogP contribution >= 0.6 is 11.3 Å². The first-order valence-corrected chi connectivity index (χ1v) is 13.2. The summed E-state index contributed by atoms with van der Waals surface area (Å²) < 4.78 is 4.42. The minimum atomic E-state index is -0.903. The summed E-state index contributed by atoms with van der Waals surface area (Å²) in [6, 6.07) is 6.88. The molecule has 0 unspecified atom stereocenters. The van der Waals surface area contributed by atoms with Gasteiger partial charge in [0.15, 0.2) is 0 Å². The van der Waals surface area contributed by atoms with Gasteiger partial charge < -0.3 is 36.3 Å². The van der Waals surface area contributed by atoms with Crippen molar-refractivity contribution in [3.63, 3.8) is 0 Å². The number of nitrogens with zero attached hydrogens (tertiary/aromatic N) is 1. The zero-order valence-corrected chi connectivity index (χ0v) is 27.5. The van der Waals surface area contributed by atoms with Crippen LogP contribution in [-0.2, 0) is 56.6 Å². The molecule has 0 atom stereocenters. The van der Waals surface area contributed by atoms with Crippen LogP contribution in [0.3, 0.4) is 0 Å². The second-order valence-electron chi connectivity index (χ2n) is 9.67. The molecular formula is C27H36N5O7SY-. The maximum absolute atomic E-state index is 12.2. The molecular weight excluding hydrogens is 627 g/mol. The van der Waals surface area contributed by atoms with Crippen molar-refractivity contribution in [1.29, 1.82) is 0 Å². The summed E-state index contributed by atoms with van der Waals surface area (Å²) in [6.45, 7) is 10.1. The number of aromatic nitrogens is 1. The molecule has 0 aliphatic heterocycles. The van der Waals surface area contributed by atoms with E-state index in [9.17, 15) is 29.1 Å². The number of ether oxygens (including phenoxy) is 1. The van der Waals surface area contributed by atoms with Gasteiger partial charge in [0.1, 0.15) is 16.4 Å². The largest absolute Gasteiger partial charge is 0.668 e. The van der Waals surface area contributed by atoms with Crippen LogP contribution in [0, 0.1) is 11.3 Å². The smallest absolute Gasteiger partial charge is 0.353 e. The number of amides is 4. The van der Waals surface area contributed by atoms with E-state index in [1.807, 2.05) is 13.8 Å². The van der Waals surface area contributed by atoms with Gasteiger partial charge in [0, 0.05) is 55.2 Å². The summed E-state index contributed by atoms with van der Waals surface area (Å²) in [4.78, 5) is 61.6. The second kappa shape index (κ2) is 18.4. The molecule has 0 aliphatic carbocycles. The Hall–Kier alpha value is -3.00. The van der Waals surface area contributed by atoms with Crippen LogP contribution in [0.2, 0.25) is 0 Å². The SMILES string of the molecule is C=C(NC(=O)CNC(=O)c1csc(-c2ccc(NC(=O)C(C)(C)CO)cc2)n1)C(=O)OC.CC(C)CCC([NH-])=O.[Y]. The second-order valence-corrected chi connectivity index (χ2v) is 10.5. The van der Waals surface area contributed by atoms with Crippen molar-refractivity contribution >= 4 is 46.6 Å². The predicted octanol–water partition coefficient (Wildman–Crippen LogP) is 3.30. The van der Waals surface area contributed by atoms with Gasteiger partial charge in [-0.15, -0.1) is 11.3 Å². The molecule has 1 radical (unpaired) electrons. The van der Waals surface area contributed by atoms with Crippen LogP contribution in [0.5, 0.6) is 0 Å². The van der Waals surface area contributed by atoms with E-state index in [1.165, 1.54) is 11.3 Å². The molecule has 1 heterocycles. The van der Waals surface area contributed by atoms with Crippen LogP contribution in [0.4, 0.5) is 5.69 Å². The number of anilines is 1. The van der Waals surface area contributed by atoms with Crippen LogP contribution in [0.1, 0.15) is 51.0 Å². The van der Waals surface area contributed by atoms with Crippen LogP contribution < -0.4 is 16.0 Å². The number of hydrogen-bond donors (Lipinski definition) is 4. The number of carbonyl (C=O) groups is 5. The van der Waals surface area contributed by atoms with E-state index in [1.54, 1.807) is 43.5 Å². The fourth-order valence-corrected chi connectivity index (χ4v) is 3.44. The summed E-state index contributed by atoms with van der Waals surface area (Å²) >= 11 is 1.24. The molecule has 1 aromatic heterocycles. The number of aliphatic hydroxyl groups excluding tert-OH is 1. The van der Waals surface area contributed by atoms with E-state index in [0.29, 0.717) is 23.0 Å². The van der Waals surface area contributed by atoms with E-state index in [4.69, 9.17) is 5.73 Å². The van der Waals surface area contributed by atoms with Crippen molar-refractivity contribution in [3.8, 4) is 10.6 Å². The molecule has 41 heavy (non-hydrogen) atoms. The molecule has 14 heteroatoms. The van der Waals surface area contributed by atoms with Gasteiger partial charge in [0.2, 0.25) is 11.8 Å². The van der Waals surface area contributed by atoms with Crippen molar-refractivity contribution < 1.29 is 66.5 Å². The van der Waals surface area contributed by atoms with E-state index in [-0.39, 0.29) is 63.2 Å². The maximum Gasteiger partial charge on any atom is 0.353 e. The zero-order chi connectivity index (χ0) is 30.5. The summed E-state index contributed by atoms with van der Waals surface area (Å²) in [5.74, 6) is -2.17. The molecule has 221 valence electrons. The molecule has 0 aliphatic rings. The van der Waals surface area contributed by atoms with Crippen LogP contribution in [0.25, 0.3) is 16.3 Å². The average Bonchev–Trinajstić information content (AvgIpc) is 3.41. The van der Waals surface area contributed by atoms with Gasteiger partial charge in [-0.3, -0.25) is 14.4 Å². The number of thiazole rings is 1. The molecule has 0 bridgehead atoms. The summed E-state index contributed by atoms with van der Waals surface area (Å²) in [6.07, 6.45) is 1.26. The van der Waals surface area contributed by atoms with E-state index < -0.39 is 29.1 Å². The van der Waals surface area contributed by atoms with E-state index >= 15 is 0 Å². The van der Waals surface area contributed by atoms with Gasteiger partial charge in [-0.1, -0.05) is 20.4 Å². The first kappa shape index (κ1) is 38.0. The van der Waals surface area contributed by atoms with Crippen molar-refractivity contribution in [3.05, 3.63) is 53.3 Å². The molecule has 1 aromatic carbocycles. The number of aliphatic hydroxyl groups is 1. The van der Waals surface area contributed by atoms with Crippen molar-refractivity contribution in [2.75, 3.05) is 25.6 Å². The van der Waals surface area contributed by atoms with Gasteiger partial charge in [-0.2, -0.15) is 0 Å². The Bertz CT molecular complexity index is 1210. The molecule has 2 rings (SSSR count). The Morgan fingerprint density at radius 2 is 1.76 bits per heavy atom. The summed E-state index contributed by atoms with van der Waals surface area (Å²) in [5, 5.41) is 18.8. The minimum absolute atomic E-state index is 0. The predicted molar refractivity (Wildman–Crippen MR) is 152 cm³/mol. The number of benzene rings is 1. The Morgan fingerprint density at radius 3 is 2.24 bits per heavy atom. The molecule has 0 fully saturated rings. The number of hydrogen-bond acceptors (Lipinski definition) is 9. The van der Waals surface area contributed by atoms with Crippen molar-refractivity contribution in [1.82, 2.24) is 15.6 Å². The fraction of sp³-hybridized carbons (Fsp3) is 0.407. The summed E-state index contributed by atoms with van der Waals surface area (Å²) in [7, 11) is 1.16. The van der Waals surface area contributed by atoms with E-state index in [2.05, 4.69) is 32.3 Å². The van der Waals surface area contributed by atoms with E-state index in [0.717, 1.165) is 19.1 Å². The Morgan fingerprint density at radius 1 is 1.15 bits per heavy atom. The number of nitrogens with one attached hydrogen (secondary N) is 4. The quantitative estimate of drug-likeness (QED) is 0.197. The molecule has 12 nitrogen and oxygen atoms in total. The molecule has 5 N–H and O–H groups in total. The van der Waals surface area contributed by atoms with Gasteiger partial charge in [0.05, 0.1) is 25.7 Å². The number of esters is 1. The molecule has 0 spiro atoms. The normalized spacial score (nSPS) is 10.3. The van der Waals surface area contributed by atoms with Crippen molar-refractivity contribution in [2.24, 2.45) is 11.3 Å². The average molecular weight is 664 g/mol. The standard InChI is InChI=1S/C21H24N4O6S.C6H13NO.Y/c1-12(19(29)31-4)23-16(27)9-22-17(28)15-10-32-18(25-15)13-5-7-14(8-6-13)24-20(30)21(2,3)11-26;1-5(2)3-4-6(7)8;/h5-8,10,26H,1,9,11H2,2-4H3,(H,22,28)(H,23,27)(H,24,30);5H,3-4H2,1-2H3,(H2,7,8);/p-1. The van der Waals surface area contributed by atoms with Gasteiger partial charge in [-0.05, 0) is 56.9 Å². The van der Waals surface area contributed by atoms with Crippen LogP contribution in [0.15, 0.2) is 41.9 Å². The summed E-state index contributed by atoms with van der Waals surface area (Å²) in [5.41, 5.74) is 6.83. The monoisotopic (exact) mass is 663 g/mol. The molecule has 4 amide bonds. The topological polar surface area (TPSA) is 188 Å². The number of carbonyl (C=O) groups excluding carboxylic acids is 5. The number of rotatable bonds is 12. The maximum atomic E-state index is 12.2. The van der Waals surface area contributed by atoms with Crippen LogP contribution in [-0.4, -0.2) is 59.9 Å². The first-order chi connectivity index (χ1) is 18.7. The third-order valence-corrected chi connectivity index (χ3v) is 6.11. The Labute approximate surface area is 268 Å².